The molecular weight excluding hydrogens is 580 g/mol. The van der Waals surface area contributed by atoms with E-state index in [1.54, 1.807) is 97.1 Å². The number of ether oxygens (including phenoxy) is 2. The minimum Gasteiger partial charge on any atom is -0.508 e. The van der Waals surface area contributed by atoms with E-state index >= 15 is 0 Å². The molecule has 0 saturated heterocycles. The molecule has 0 bridgehead atoms. The fourth-order valence-electron chi connectivity index (χ4n) is 4.83. The molecule has 2 N–H and O–H groups in total. The van der Waals surface area contributed by atoms with Gasteiger partial charge in [0.15, 0.2) is 11.6 Å². The summed E-state index contributed by atoms with van der Waals surface area (Å²) in [4.78, 5) is 38.3. The summed E-state index contributed by atoms with van der Waals surface area (Å²) in [6, 6.07) is 40.2. The highest BCUT2D eigenvalue weighted by Gasteiger charge is 2.14. The second kappa shape index (κ2) is 13.0. The Bertz CT molecular complexity index is 1840. The molecule has 0 heterocycles. The van der Waals surface area contributed by atoms with Crippen molar-refractivity contribution in [3.8, 4) is 45.3 Å². The first-order chi connectivity index (χ1) is 22.3. The maximum atomic E-state index is 13.0. The maximum Gasteiger partial charge on any atom is 0.519 e. The first kappa shape index (κ1) is 29.6. The molecule has 0 aliphatic heterocycles. The summed E-state index contributed by atoms with van der Waals surface area (Å²) >= 11 is 0. The summed E-state index contributed by atoms with van der Waals surface area (Å²) in [5.41, 5.74) is 5.52. The van der Waals surface area contributed by atoms with E-state index in [9.17, 15) is 24.6 Å². The van der Waals surface area contributed by atoms with Crippen LogP contribution in [-0.4, -0.2) is 27.9 Å². The largest absolute Gasteiger partial charge is 0.519 e. The Labute approximate surface area is 264 Å². The quantitative estimate of drug-likeness (QED) is 0.102. The van der Waals surface area contributed by atoms with Crippen molar-refractivity contribution in [2.75, 3.05) is 0 Å². The highest BCUT2D eigenvalue weighted by Crippen LogP contribution is 2.25. The summed E-state index contributed by atoms with van der Waals surface area (Å²) in [6.45, 7) is 0. The molecule has 6 aromatic rings. The first-order valence-electron chi connectivity index (χ1n) is 14.3. The lowest BCUT2D eigenvalue weighted by Crippen LogP contribution is -2.14. The van der Waals surface area contributed by atoms with Crippen LogP contribution in [0, 0.1) is 0 Å². The number of ketones is 2. The van der Waals surface area contributed by atoms with Gasteiger partial charge in [-0.15, -0.1) is 0 Å². The number of phenols is 2. The van der Waals surface area contributed by atoms with Gasteiger partial charge in [0, 0.05) is 22.3 Å². The fourth-order valence-corrected chi connectivity index (χ4v) is 4.83. The Morgan fingerprint density at radius 1 is 0.348 bits per heavy atom. The zero-order valence-electron chi connectivity index (χ0n) is 24.3. The van der Waals surface area contributed by atoms with E-state index < -0.39 is 6.16 Å². The van der Waals surface area contributed by atoms with Gasteiger partial charge in [-0.3, -0.25) is 9.59 Å². The van der Waals surface area contributed by atoms with Crippen LogP contribution in [0.25, 0.3) is 22.3 Å². The molecule has 224 valence electrons. The molecule has 0 aliphatic rings. The lowest BCUT2D eigenvalue weighted by molar-refractivity contribution is 0.103. The van der Waals surface area contributed by atoms with Crippen LogP contribution in [0.3, 0.4) is 0 Å². The predicted octanol–water partition coefficient (Wildman–Crippen LogP) is 8.47. The highest BCUT2D eigenvalue weighted by atomic mass is 16.7. The first-order valence-corrected chi connectivity index (χ1v) is 14.3. The summed E-state index contributed by atoms with van der Waals surface area (Å²) in [5, 5.41) is 19.0. The van der Waals surface area contributed by atoms with Gasteiger partial charge in [-0.25, -0.2) is 4.79 Å². The van der Waals surface area contributed by atoms with Gasteiger partial charge in [-0.2, -0.15) is 0 Å². The van der Waals surface area contributed by atoms with Crippen molar-refractivity contribution in [3.63, 3.8) is 0 Å². The van der Waals surface area contributed by atoms with E-state index in [-0.39, 0.29) is 34.6 Å². The van der Waals surface area contributed by atoms with E-state index in [1.807, 2.05) is 24.3 Å². The number of benzene rings is 6. The van der Waals surface area contributed by atoms with E-state index in [2.05, 4.69) is 0 Å². The van der Waals surface area contributed by atoms with Gasteiger partial charge in [0.25, 0.3) is 0 Å². The number of carbonyl (C=O) groups excluding carboxylic acids is 3. The number of carbonyl (C=O) groups is 3. The van der Waals surface area contributed by atoms with Gasteiger partial charge in [0.2, 0.25) is 0 Å². The lowest BCUT2D eigenvalue weighted by atomic mass is 9.99. The molecule has 0 aromatic heterocycles. The topological polar surface area (TPSA) is 110 Å². The number of hydrogen-bond donors (Lipinski definition) is 2. The minimum atomic E-state index is -0.965. The Hall–Kier alpha value is -6.47. The van der Waals surface area contributed by atoms with Crippen molar-refractivity contribution in [1.29, 1.82) is 0 Å². The van der Waals surface area contributed by atoms with Crippen molar-refractivity contribution in [2.45, 2.75) is 0 Å². The van der Waals surface area contributed by atoms with E-state index in [4.69, 9.17) is 9.47 Å². The van der Waals surface area contributed by atoms with Crippen molar-refractivity contribution in [1.82, 2.24) is 0 Å². The number of aromatic hydroxyl groups is 2. The van der Waals surface area contributed by atoms with Crippen LogP contribution >= 0.6 is 0 Å². The standard InChI is InChI=1S/C39H26O7/c40-33-17-9-27(10-18-33)25-1-5-29(6-2-25)37(42)31-13-21-35(22-14-31)45-39(44)46-36-23-15-32(16-24-36)38(43)30-7-3-26(4-8-30)28-11-19-34(41)20-12-28/h1-24,40-41H. The van der Waals surface area contributed by atoms with Crippen LogP contribution in [0.1, 0.15) is 31.8 Å². The monoisotopic (exact) mass is 606 g/mol. The van der Waals surface area contributed by atoms with E-state index in [0.29, 0.717) is 22.3 Å². The molecule has 0 atom stereocenters. The molecule has 0 radical (unpaired) electrons. The van der Waals surface area contributed by atoms with Crippen molar-refractivity contribution in [3.05, 3.63) is 168 Å². The molecule has 0 spiro atoms. The molecule has 46 heavy (non-hydrogen) atoms. The molecule has 6 rings (SSSR count). The Morgan fingerprint density at radius 3 is 0.870 bits per heavy atom. The average Bonchev–Trinajstić information content (AvgIpc) is 3.09. The Morgan fingerprint density at radius 2 is 0.587 bits per heavy atom. The Balaban J connectivity index is 1.03. The molecule has 0 fully saturated rings. The van der Waals surface area contributed by atoms with Crippen LogP contribution < -0.4 is 9.47 Å². The summed E-state index contributed by atoms with van der Waals surface area (Å²) in [7, 11) is 0. The zero-order chi connectivity index (χ0) is 32.0. The summed E-state index contributed by atoms with van der Waals surface area (Å²) < 4.78 is 10.5. The molecule has 7 nitrogen and oxygen atoms in total. The van der Waals surface area contributed by atoms with Crippen molar-refractivity contribution < 1.29 is 34.1 Å². The normalized spacial score (nSPS) is 10.6. The molecule has 0 aliphatic carbocycles. The van der Waals surface area contributed by atoms with Crippen LogP contribution in [0.4, 0.5) is 4.79 Å². The van der Waals surface area contributed by atoms with Crippen LogP contribution in [0.2, 0.25) is 0 Å². The SMILES string of the molecule is O=C(Oc1ccc(C(=O)c2ccc(-c3ccc(O)cc3)cc2)cc1)Oc1ccc(C(=O)c2ccc(-c3ccc(O)cc3)cc2)cc1. The van der Waals surface area contributed by atoms with Crippen molar-refractivity contribution in [2.24, 2.45) is 0 Å². The number of hydrogen-bond acceptors (Lipinski definition) is 7. The second-order valence-electron chi connectivity index (χ2n) is 10.4. The smallest absolute Gasteiger partial charge is 0.508 e. The lowest BCUT2D eigenvalue weighted by Gasteiger charge is -2.08. The van der Waals surface area contributed by atoms with E-state index in [1.165, 1.54) is 24.3 Å². The van der Waals surface area contributed by atoms with Crippen molar-refractivity contribution >= 4 is 17.7 Å². The third-order valence-electron chi connectivity index (χ3n) is 7.33. The molecule has 0 amide bonds. The van der Waals surface area contributed by atoms with Gasteiger partial charge in [-0.1, -0.05) is 72.8 Å². The molecule has 7 heteroatoms. The number of rotatable bonds is 8. The Kier molecular flexibility index (Phi) is 8.38. The third kappa shape index (κ3) is 6.85. The summed E-state index contributed by atoms with van der Waals surface area (Å²) in [6.07, 6.45) is -0.965. The fraction of sp³-hybridized carbons (Fsp3) is 0. The molecular formula is C39H26O7. The molecule has 0 unspecified atom stereocenters. The third-order valence-corrected chi connectivity index (χ3v) is 7.33. The van der Waals surface area contributed by atoms with E-state index in [0.717, 1.165) is 22.3 Å². The zero-order valence-corrected chi connectivity index (χ0v) is 24.3. The summed E-state index contributed by atoms with van der Waals surface area (Å²) in [5.74, 6) is 0.401. The van der Waals surface area contributed by atoms with Gasteiger partial charge in [0.1, 0.15) is 23.0 Å². The van der Waals surface area contributed by atoms with Gasteiger partial charge >= 0.3 is 6.16 Å². The highest BCUT2D eigenvalue weighted by molar-refractivity contribution is 6.10. The van der Waals surface area contributed by atoms with Gasteiger partial charge in [-0.05, 0) is 95.1 Å². The predicted molar refractivity (Wildman–Crippen MR) is 173 cm³/mol. The van der Waals surface area contributed by atoms with Gasteiger partial charge < -0.3 is 19.7 Å². The average molecular weight is 607 g/mol. The molecule has 6 aromatic carbocycles. The van der Waals surface area contributed by atoms with Gasteiger partial charge in [0.05, 0.1) is 0 Å². The van der Waals surface area contributed by atoms with Crippen LogP contribution in [0.15, 0.2) is 146 Å². The van der Waals surface area contributed by atoms with Crippen LogP contribution in [0.5, 0.6) is 23.0 Å². The second-order valence-corrected chi connectivity index (χ2v) is 10.4. The maximum absolute atomic E-state index is 13.0. The number of phenolic OH excluding ortho intramolecular Hbond substituents is 2. The van der Waals surface area contributed by atoms with Crippen LogP contribution in [-0.2, 0) is 0 Å². The minimum absolute atomic E-state index is 0.186. The molecule has 0 saturated carbocycles.